The Morgan fingerprint density at radius 1 is 0.480 bits per heavy atom. The van der Waals surface area contributed by atoms with Gasteiger partial charge in [0.15, 0.2) is 6.29 Å². The quantitative estimate of drug-likeness (QED) is 0.0337. The Hall–Kier alpha value is -8.51. The molecule has 3 saturated heterocycles. The van der Waals surface area contributed by atoms with Crippen molar-refractivity contribution in [2.75, 3.05) is 93.2 Å². The number of aromatic nitrogens is 2. The van der Waals surface area contributed by atoms with Gasteiger partial charge < -0.3 is 43.6 Å². The first-order chi connectivity index (χ1) is 45.2. The maximum Gasteiger partial charge on any atom is 0.410 e. The molecule has 3 fully saturated rings. The van der Waals surface area contributed by atoms with Crippen LogP contribution in [0, 0.1) is 0 Å². The van der Waals surface area contributed by atoms with E-state index in [1.165, 1.54) is 30.5 Å². The lowest BCUT2D eigenvalue weighted by Crippen LogP contribution is -2.50. The van der Waals surface area contributed by atoms with Crippen molar-refractivity contribution in [3.63, 3.8) is 0 Å². The predicted octanol–water partition coefficient (Wildman–Crippen LogP) is 11.4. The van der Waals surface area contributed by atoms with Crippen LogP contribution in [0.1, 0.15) is 93.1 Å². The number of anilines is 3. The minimum atomic E-state index is -3.79. The van der Waals surface area contributed by atoms with Crippen molar-refractivity contribution in [1.29, 1.82) is 0 Å². The summed E-state index contributed by atoms with van der Waals surface area (Å²) in [7, 11) is -11.0. The molecule has 0 atom stereocenters. The Bertz CT molecular complexity index is 4170. The molecular weight excluding hydrogens is 1360 g/mol. The molecule has 0 saturated carbocycles. The van der Waals surface area contributed by atoms with Crippen molar-refractivity contribution in [2.24, 2.45) is 10.9 Å². The number of ether oxygens (including phenoxy) is 3. The van der Waals surface area contributed by atoms with E-state index < -0.39 is 46.9 Å². The lowest BCUT2D eigenvalue weighted by Gasteiger charge is -2.37. The van der Waals surface area contributed by atoms with E-state index in [2.05, 4.69) is 29.7 Å². The number of halogens is 2. The number of hydrazine groups is 1. The van der Waals surface area contributed by atoms with Crippen LogP contribution in [0.25, 0.3) is 10.9 Å². The molecule has 1 aromatic heterocycles. The van der Waals surface area contributed by atoms with Gasteiger partial charge in [0.1, 0.15) is 16.8 Å². The van der Waals surface area contributed by atoms with Gasteiger partial charge in [0.2, 0.25) is 0 Å². The maximum atomic E-state index is 13.1. The molecule has 3 aliphatic heterocycles. The number of hydrogen-bond donors (Lipinski definition) is 3. The highest BCUT2D eigenvalue weighted by atomic mass is 35.5. The van der Waals surface area contributed by atoms with Crippen molar-refractivity contribution in [1.82, 2.24) is 33.5 Å². The van der Waals surface area contributed by atoms with E-state index in [9.17, 15) is 44.4 Å². The number of hydrazone groups is 1. The zero-order chi connectivity index (χ0) is 70.2. The van der Waals surface area contributed by atoms with Gasteiger partial charge in [0.05, 0.1) is 48.2 Å². The van der Waals surface area contributed by atoms with Crippen molar-refractivity contribution >= 4 is 112 Å². The lowest BCUT2D eigenvalue weighted by atomic mass is 10.1. The monoisotopic (exact) mass is 1450 g/mol. The highest BCUT2D eigenvalue weighted by molar-refractivity contribution is 7.90. The number of carbonyl (C=O) groups excluding carboxylic acids is 4. The molecule has 7 aromatic rings. The van der Waals surface area contributed by atoms with E-state index in [-0.39, 0.29) is 47.8 Å². The summed E-state index contributed by atoms with van der Waals surface area (Å²) in [5, 5.41) is 9.78. The molecule has 4 heterocycles. The molecule has 4 N–H and O–H groups in total. The second-order valence-electron chi connectivity index (χ2n) is 24.9. The van der Waals surface area contributed by atoms with Crippen molar-refractivity contribution in [3.05, 3.63) is 173 Å². The van der Waals surface area contributed by atoms with E-state index in [0.717, 1.165) is 32.8 Å². The molecule has 532 valence electrons. The summed E-state index contributed by atoms with van der Waals surface area (Å²) in [6.07, 6.45) is 2.82. The van der Waals surface area contributed by atoms with Crippen LogP contribution in [0.4, 0.5) is 31.4 Å². The van der Waals surface area contributed by atoms with Gasteiger partial charge in [-0.15, -0.1) is 0 Å². The summed E-state index contributed by atoms with van der Waals surface area (Å²) in [4.78, 5) is 63.7. The normalized spacial score (nSPS) is 14.6. The second-order valence-corrected chi connectivity index (χ2v) is 30.9. The smallest absolute Gasteiger partial charge is 0.410 e. The van der Waals surface area contributed by atoms with Crippen molar-refractivity contribution in [2.45, 2.75) is 109 Å². The second kappa shape index (κ2) is 34.8. The van der Waals surface area contributed by atoms with Gasteiger partial charge in [-0.3, -0.25) is 10.6 Å². The Labute approximate surface area is 586 Å². The predicted molar refractivity (Wildman–Crippen MR) is 386 cm³/mol. The first-order valence-electron chi connectivity index (χ1n) is 30.6. The van der Waals surface area contributed by atoms with Gasteiger partial charge in [-0.25, -0.2) is 27.6 Å². The molecule has 30 heteroatoms. The van der Waals surface area contributed by atoms with Crippen LogP contribution in [-0.4, -0.2) is 175 Å². The highest BCUT2D eigenvalue weighted by Crippen LogP contribution is 2.32. The molecule has 0 unspecified atom stereocenters. The number of piperazine rings is 3. The summed E-state index contributed by atoms with van der Waals surface area (Å²) < 4.78 is 90.2. The number of sulfonamides is 2. The van der Waals surface area contributed by atoms with E-state index in [1.807, 2.05) is 98.7 Å². The molecule has 10 rings (SSSR count). The van der Waals surface area contributed by atoms with E-state index in [0.29, 0.717) is 105 Å². The van der Waals surface area contributed by atoms with Gasteiger partial charge in [0.25, 0.3) is 30.1 Å². The average Bonchev–Trinajstić information content (AvgIpc) is 1.59. The average molecular weight is 1450 g/mol. The third-order valence-corrected chi connectivity index (χ3v) is 19.2. The summed E-state index contributed by atoms with van der Waals surface area (Å²) >= 11 is 12.4. The number of nitrogens with zero attached hydrogens (tertiary/aromatic N) is 9. The standard InChI is InChI=1S/C22H27ClN4O4S.C22H26N4O4S.C16H21ClN2O3.C6H8N2O2S.2CH4/c1-22(2,3)31-21(28)27-14-12-26(13-15-27)20-11-7-10-19(23)18(20)16-24-25-32(29,30)17-8-5-4-6-9-17;1-22(2,3)30-21(27)25-14-12-24(13-15-25)19-10-7-11-20-18(19)16-23-26(20)31(28,29)17-8-5-4-6-9-17;1-16(2,3)22-15(21)19-9-7-18(8-10-19)14-6-4-5-13(17)12(14)11-20;7-8-11(9,10)6-4-2-1-3-5-6;;/h4-11,16,25H,12-15H2,1-3H3;4-11,16H,12-15H2,1-3H3;4-6,11H,7-10H2,1-3H3;1-5,8H,7H2;2*1H4. The Balaban J connectivity index is 0.000000247. The zero-order valence-corrected chi connectivity index (χ0v) is 58.9. The molecule has 98 heavy (non-hydrogen) atoms. The number of rotatable bonds is 12. The fourth-order valence-corrected chi connectivity index (χ4v) is 13.1. The number of nitrogens with two attached hydrogens (primary N) is 1. The third kappa shape index (κ3) is 22.3. The van der Waals surface area contributed by atoms with Crippen LogP contribution in [0.15, 0.2) is 172 Å². The maximum absolute atomic E-state index is 13.1. The van der Waals surface area contributed by atoms with Crippen LogP contribution in [0.2, 0.25) is 10.0 Å². The number of hydrogen-bond acceptors (Lipinski definition) is 19. The minimum absolute atomic E-state index is 0. The molecule has 3 amide bonds. The SMILES string of the molecule is C.C.CC(C)(C)OC(=O)N1CCN(c2cccc(Cl)c2C=NNS(=O)(=O)c2ccccc2)CC1.CC(C)(C)OC(=O)N1CCN(c2cccc(Cl)c2C=O)CC1.CC(C)(C)OC(=O)N1CCN(c2cccc3c2cnn3S(=O)(=O)c2ccccc2)CC1.NNS(=O)(=O)c1ccccc1. The van der Waals surface area contributed by atoms with Crippen LogP contribution >= 0.6 is 23.2 Å². The van der Waals surface area contributed by atoms with Crippen LogP contribution < -0.4 is 30.2 Å². The van der Waals surface area contributed by atoms with E-state index >= 15 is 0 Å². The molecule has 0 aliphatic carbocycles. The van der Waals surface area contributed by atoms with Crippen LogP contribution in [0.3, 0.4) is 0 Å². The van der Waals surface area contributed by atoms with Crippen LogP contribution in [-0.2, 0) is 44.3 Å². The van der Waals surface area contributed by atoms with Gasteiger partial charge in [-0.05, 0) is 135 Å². The summed E-state index contributed by atoms with van der Waals surface area (Å²) in [5.74, 6) is 4.80. The first-order valence-corrected chi connectivity index (χ1v) is 35.7. The van der Waals surface area contributed by atoms with Crippen LogP contribution in [0.5, 0.6) is 0 Å². The van der Waals surface area contributed by atoms with E-state index in [1.54, 1.807) is 111 Å². The number of amides is 3. The number of fused-ring (bicyclic) bond motifs is 1. The molecule has 0 radical (unpaired) electrons. The lowest BCUT2D eigenvalue weighted by molar-refractivity contribution is 0.0230. The van der Waals surface area contributed by atoms with Crippen molar-refractivity contribution < 1.29 is 58.6 Å². The number of carbonyl (C=O) groups is 4. The zero-order valence-electron chi connectivity index (χ0n) is 55.0. The number of nitrogens with one attached hydrogen (secondary N) is 2. The molecular formula is C68H90Cl2N12O13S3. The number of benzene rings is 6. The fourth-order valence-electron chi connectivity index (χ4n) is 9.87. The Kier molecular flexibility index (Phi) is 28.5. The topological polar surface area (TPSA) is 298 Å². The summed E-state index contributed by atoms with van der Waals surface area (Å²) in [6.45, 7) is 23.5. The molecule has 6 aromatic carbocycles. The van der Waals surface area contributed by atoms with Gasteiger partial charge in [-0.1, -0.05) is 111 Å². The fraction of sp³-hybridized carbons (Fsp3) is 0.382. The largest absolute Gasteiger partial charge is 0.444 e. The molecule has 25 nitrogen and oxygen atoms in total. The minimum Gasteiger partial charge on any atom is -0.444 e. The van der Waals surface area contributed by atoms with Crippen molar-refractivity contribution in [3.8, 4) is 0 Å². The Morgan fingerprint density at radius 2 is 0.827 bits per heavy atom. The van der Waals surface area contributed by atoms with Gasteiger partial charge >= 0.3 is 18.3 Å². The summed E-state index contributed by atoms with van der Waals surface area (Å²) in [5.41, 5.74) is 2.57. The van der Waals surface area contributed by atoms with Gasteiger partial charge in [-0.2, -0.15) is 36.0 Å². The molecule has 0 spiro atoms. The highest BCUT2D eigenvalue weighted by Gasteiger charge is 2.31. The van der Waals surface area contributed by atoms with Gasteiger partial charge in [0, 0.05) is 107 Å². The Morgan fingerprint density at radius 3 is 1.21 bits per heavy atom. The molecule has 3 aliphatic rings. The summed E-state index contributed by atoms with van der Waals surface area (Å²) in [6, 6.07) is 40.6. The molecule has 0 bridgehead atoms. The van der Waals surface area contributed by atoms with E-state index in [4.69, 9.17) is 43.3 Å². The first kappa shape index (κ1) is 80.2. The number of aldehydes is 1. The third-order valence-electron chi connectivity index (χ3n) is 14.4.